The van der Waals surface area contributed by atoms with Crippen molar-refractivity contribution in [3.8, 4) is 0 Å². The summed E-state index contributed by atoms with van der Waals surface area (Å²) in [4.78, 5) is 218. The van der Waals surface area contributed by atoms with Crippen molar-refractivity contribution in [2.24, 2.45) is 53.2 Å². The van der Waals surface area contributed by atoms with E-state index in [0.717, 1.165) is 5.56 Å². The molecule has 1 fully saturated rings. The highest BCUT2D eigenvalue weighted by atomic mass is 16.6. The van der Waals surface area contributed by atoms with E-state index in [2.05, 4.69) is 51.8 Å². The number of benzene rings is 2. The lowest BCUT2D eigenvalue weighted by Gasteiger charge is -2.41. The summed E-state index contributed by atoms with van der Waals surface area (Å²) in [7, 11) is 6.09. The first-order valence-electron chi connectivity index (χ1n) is 43.4. The topological polar surface area (TPSA) is 537 Å². The zero-order chi connectivity index (χ0) is 94.6. The number of carboxylic acid groups (broad SMARTS) is 3. The van der Waals surface area contributed by atoms with Crippen molar-refractivity contribution in [1.29, 1.82) is 0 Å². The van der Waals surface area contributed by atoms with Crippen LogP contribution in [0.25, 0.3) is 0 Å². The highest BCUT2D eigenvalue weighted by molar-refractivity contribution is 5.96. The number of methoxy groups -OCH3 is 2. The Kier molecular flexibility index (Phi) is 48.9. The zero-order valence-electron chi connectivity index (χ0n) is 75.7. The van der Waals surface area contributed by atoms with Crippen molar-refractivity contribution in [1.82, 2.24) is 61.6 Å². The largest absolute Gasteiger partial charge is 0.481 e. The van der Waals surface area contributed by atoms with Gasteiger partial charge >= 0.3 is 30.0 Å². The molecule has 1 saturated heterocycles. The van der Waals surface area contributed by atoms with Crippen molar-refractivity contribution in [3.63, 3.8) is 0 Å². The second-order valence-electron chi connectivity index (χ2n) is 33.3. The van der Waals surface area contributed by atoms with E-state index < -0.39 is 157 Å². The highest BCUT2D eigenvalue weighted by Crippen LogP contribution is 2.33. The number of carboxylic acids is 3. The fourth-order valence-corrected chi connectivity index (χ4v) is 15.3. The van der Waals surface area contributed by atoms with E-state index in [-0.39, 0.29) is 170 Å². The van der Waals surface area contributed by atoms with E-state index in [1.165, 1.54) is 37.8 Å². The molecule has 2 aromatic carbocycles. The van der Waals surface area contributed by atoms with Gasteiger partial charge in [-0.25, -0.2) is 20.3 Å². The van der Waals surface area contributed by atoms with Gasteiger partial charge < -0.3 is 90.3 Å². The summed E-state index contributed by atoms with van der Waals surface area (Å²) >= 11 is 0. The van der Waals surface area contributed by atoms with Gasteiger partial charge in [-0.15, -0.1) is 5.10 Å². The van der Waals surface area contributed by atoms with Gasteiger partial charge in [-0.2, -0.15) is 0 Å². The molecule has 127 heavy (non-hydrogen) atoms. The molecule has 708 valence electrons. The minimum absolute atomic E-state index is 0.0250. The first-order valence-corrected chi connectivity index (χ1v) is 43.4. The third-order valence-corrected chi connectivity index (χ3v) is 22.8. The highest BCUT2D eigenvalue weighted by Gasteiger charge is 2.45. The third-order valence-electron chi connectivity index (χ3n) is 22.8. The van der Waals surface area contributed by atoms with Crippen LogP contribution < -0.4 is 37.8 Å². The molecule has 0 spiro atoms. The number of carbonyl (C=O) groups is 16. The quantitative estimate of drug-likeness (QED) is 0.0158. The smallest absolute Gasteiger partial charge is 0.410 e. The van der Waals surface area contributed by atoms with E-state index in [0.29, 0.717) is 62.0 Å². The maximum atomic E-state index is 14.9. The van der Waals surface area contributed by atoms with Crippen LogP contribution >= 0.6 is 0 Å². The molecule has 2 heterocycles. The Morgan fingerprint density at radius 1 is 0.630 bits per heavy atom. The second-order valence-corrected chi connectivity index (χ2v) is 33.3. The summed E-state index contributed by atoms with van der Waals surface area (Å²) in [6, 6.07) is 9.16. The summed E-state index contributed by atoms with van der Waals surface area (Å²) in [5.74, 6) is -7.63. The Morgan fingerprint density at radius 2 is 1.27 bits per heavy atom. The van der Waals surface area contributed by atoms with Crippen molar-refractivity contribution in [3.05, 3.63) is 83.2 Å². The fourth-order valence-electron chi connectivity index (χ4n) is 15.3. The van der Waals surface area contributed by atoms with Crippen LogP contribution in [-0.2, 0) is 133 Å². The van der Waals surface area contributed by atoms with Crippen LogP contribution in [0.15, 0.2) is 60.8 Å². The number of nitrogens with one attached hydrogen (secondary N) is 6. The lowest BCUT2D eigenvalue weighted by Crippen LogP contribution is -2.54. The molecule has 1 unspecified atom stereocenters. The number of urea groups is 1. The number of hydrogen-bond acceptors (Lipinski definition) is 26. The maximum absolute atomic E-state index is 14.9. The van der Waals surface area contributed by atoms with Crippen molar-refractivity contribution in [2.75, 3.05) is 81.0 Å². The predicted molar refractivity (Wildman–Crippen MR) is 460 cm³/mol. The van der Waals surface area contributed by atoms with Gasteiger partial charge in [0, 0.05) is 117 Å². The van der Waals surface area contributed by atoms with Gasteiger partial charge in [0.05, 0.1) is 99.7 Å². The van der Waals surface area contributed by atoms with Crippen molar-refractivity contribution < 1.29 is 125 Å². The summed E-state index contributed by atoms with van der Waals surface area (Å²) in [5, 5.41) is 51.7. The maximum Gasteiger partial charge on any atom is 0.410 e. The zero-order valence-corrected chi connectivity index (χ0v) is 75.7. The van der Waals surface area contributed by atoms with Gasteiger partial charge in [0.25, 0.3) is 6.47 Å². The van der Waals surface area contributed by atoms with E-state index in [1.54, 1.807) is 81.9 Å². The van der Waals surface area contributed by atoms with E-state index in [9.17, 15) is 86.9 Å². The number of aromatic nitrogens is 3. The number of likely N-dealkylation sites (tertiary alicyclic amines) is 1. The van der Waals surface area contributed by atoms with Crippen LogP contribution in [0.1, 0.15) is 182 Å². The lowest BCUT2D eigenvalue weighted by molar-refractivity contribution is -0.149. The Hall–Kier alpha value is -10.7. The van der Waals surface area contributed by atoms with E-state index in [4.69, 9.17) is 34.7 Å². The Balaban J connectivity index is 1.21. The molecule has 1 aliphatic heterocycles. The molecule has 39 heteroatoms. The number of carbonyl (C=O) groups excluding carboxylic acids is 13. The molecule has 9 amide bonds. The average Bonchev–Trinajstić information content (AvgIpc) is 1.79. The number of amides is 9. The van der Waals surface area contributed by atoms with Crippen molar-refractivity contribution in [2.45, 2.75) is 246 Å². The van der Waals surface area contributed by atoms with Crippen LogP contribution in [0.5, 0.6) is 0 Å². The summed E-state index contributed by atoms with van der Waals surface area (Å²) in [6.45, 7) is 18.6. The molecule has 4 rings (SSSR count). The molecule has 14 atom stereocenters. The van der Waals surface area contributed by atoms with Crippen molar-refractivity contribution >= 4 is 95.1 Å². The van der Waals surface area contributed by atoms with Gasteiger partial charge in [-0.05, 0) is 92.2 Å². The monoisotopic (exact) mass is 1790 g/mol. The van der Waals surface area contributed by atoms with Crippen LogP contribution in [-0.4, -0.2) is 276 Å². The molecule has 39 nitrogen and oxygen atoms in total. The van der Waals surface area contributed by atoms with Gasteiger partial charge in [0.15, 0.2) is 23.6 Å². The van der Waals surface area contributed by atoms with Crippen LogP contribution in [0.2, 0.25) is 0 Å². The molecule has 1 aliphatic rings. The molecule has 0 bridgehead atoms. The summed E-state index contributed by atoms with van der Waals surface area (Å²) in [5.41, 5.74) is 2.30. The average molecular weight is 1790 g/mol. The third kappa shape index (κ3) is 38.0. The number of rotatable bonds is 64. The molecule has 0 aliphatic carbocycles. The molecule has 0 radical (unpaired) electrons. The number of ketones is 4. The molecular formula is C88H135N13O26. The SMILES string of the molecule is CC[C@H](C)[C@@H]([C@@H](CC(=O)N1CCC[C@H]1[C@H](OC)[C@@H](C)C(=O)C[C@@H](Cc1ccccc1)C(=O)O)OC)N(C)C(=O)[C@@H](CC(=O)[C@H](C(C)C)N(C)C(=O)OCc1ccc(CC(=O)[C@H](C)NC(=O)[C@@H](CC(=O)C(CCC(=O)NCCOCCOCCNC(=O)Cc2cn(CCCC[C@H](NC(=O)N[C@@H](CCC(=O)O)OC=O)C(=O)O)nn2)NC(=O)CON)C(C)C)cc1)C(C)C. The molecule has 1 aromatic heterocycles. The Bertz CT molecular complexity index is 4040. The van der Waals surface area contributed by atoms with Gasteiger partial charge in [0.1, 0.15) is 25.0 Å². The Labute approximate surface area is 742 Å². The van der Waals surface area contributed by atoms with Crippen LogP contribution in [0, 0.1) is 47.3 Å². The van der Waals surface area contributed by atoms with E-state index in [1.807, 2.05) is 58.0 Å². The lowest BCUT2D eigenvalue weighted by atomic mass is 9.83. The normalized spacial score (nSPS) is 15.7. The molecule has 0 saturated carbocycles. The van der Waals surface area contributed by atoms with E-state index >= 15 is 0 Å². The number of aliphatic carboxylic acids is 3. The van der Waals surface area contributed by atoms with Crippen LogP contribution in [0.3, 0.4) is 0 Å². The number of Topliss-reactive ketones (excluding diaryl/α,β-unsaturated/α-hetero) is 4. The molecule has 3 aromatic rings. The number of hydrogen-bond donors (Lipinski definition) is 10. The number of likely N-dealkylation sites (N-methyl/N-ethyl adjacent to an activating group) is 2. The Morgan fingerprint density at radius 3 is 1.85 bits per heavy atom. The minimum atomic E-state index is -1.32. The summed E-state index contributed by atoms with van der Waals surface area (Å²) < 4.78 is 35.0. The second kappa shape index (κ2) is 57.2. The fraction of sp³-hybridized carbons (Fsp3) is 0.659. The first-order chi connectivity index (χ1) is 60.3. The molecule has 11 N–H and O–H groups in total. The number of nitrogens with two attached hydrogens (primary N) is 1. The first kappa shape index (κ1) is 109. The number of unbranched alkanes of at least 4 members (excludes halogenated alkanes) is 1. The van der Waals surface area contributed by atoms with Gasteiger partial charge in [-0.1, -0.05) is 129 Å². The predicted octanol–water partition coefficient (Wildman–Crippen LogP) is 4.72. The van der Waals surface area contributed by atoms with Gasteiger partial charge in [-0.3, -0.25) is 71.8 Å². The molecular weight excluding hydrogens is 1660 g/mol. The standard InChI is InChI=1S/C88H135N13O26/c1-15-56(8)81(73(121-13)48-78(110)101-37-21-25-68(101)82(122-14)57(9)69(103)44-62(85(115)116)42-59-22-17-16-18-23-59)98(11)84(114)65(54(4)5)47-72(106)80(55(6)7)99(12)88(120)125-50-61-28-26-60(27-29-61)43-70(104)58(10)92-83(113)64(53(2)3)46-71(105)66(93-76(109)51-127-89)30-31-74(107)90-34-38-123-40-41-124-39-35-91-75(108)45-63-49-100(97-96-63)36-20-19-24-67(86(117)118)94-87(119)95-77(126-52-102)32-33-79(111)112/h16-18,22-23,26-29,49,52-58,62,64-68,73,77,80-82H,15,19-21,24-25,30-48,50-51,89H2,1-14H3,(H,90,107)(H,91,108)(H,92,113)(H,93,109)(H,111,112)(H,115,116)(H,117,118)(H2,94,95,119)/t56-,57-,58-,62+,64-,65-,66?,67-,68-,73+,77+,80-,81-,82+/m0/s1. The number of nitrogens with zero attached hydrogens (tertiary/aromatic N) is 6. The number of ether oxygens (including phenoxy) is 6. The van der Waals surface area contributed by atoms with Crippen LogP contribution in [0.4, 0.5) is 9.59 Å². The number of aryl methyl sites for hydroxylation is 1. The summed E-state index contributed by atoms with van der Waals surface area (Å²) in [6.07, 6.45) is -1.35. The minimum Gasteiger partial charge on any atom is -0.481 e. The van der Waals surface area contributed by atoms with Gasteiger partial charge in [0.2, 0.25) is 35.4 Å².